The fourth-order valence-corrected chi connectivity index (χ4v) is 0.699. The maximum atomic E-state index is 9.15. The molecule has 0 fully saturated rings. The largest absolute Gasteiger partial charge is 0.384 e. The van der Waals surface area contributed by atoms with Crippen molar-refractivity contribution in [3.63, 3.8) is 0 Å². The number of rotatable bonds is 2. The van der Waals surface area contributed by atoms with Crippen LogP contribution < -0.4 is 5.73 Å². The van der Waals surface area contributed by atoms with Gasteiger partial charge in [0.05, 0.1) is 0 Å². The van der Waals surface area contributed by atoms with Crippen molar-refractivity contribution in [3.8, 4) is 0 Å². The summed E-state index contributed by atoms with van der Waals surface area (Å²) in [6.07, 6.45) is 0.821. The summed E-state index contributed by atoms with van der Waals surface area (Å²) in [6.45, 7) is 0.173. The van der Waals surface area contributed by atoms with Gasteiger partial charge in [0.1, 0.15) is 12.4 Å². The summed E-state index contributed by atoms with van der Waals surface area (Å²) in [6, 6.07) is 0. The second-order valence-corrected chi connectivity index (χ2v) is 2.05. The number of hydrogen-bond donors (Lipinski definition) is 2. The van der Waals surface area contributed by atoms with Crippen LogP contribution in [0.15, 0.2) is 6.33 Å². The minimum Gasteiger partial charge on any atom is -0.384 e. The van der Waals surface area contributed by atoms with Crippen LogP contribution in [0.3, 0.4) is 0 Å². The average Bonchev–Trinajstić information content (AvgIpc) is 2.34. The Morgan fingerprint density at radius 1 is 1.90 bits per heavy atom. The van der Waals surface area contributed by atoms with E-state index in [2.05, 4.69) is 10.2 Å². The van der Waals surface area contributed by atoms with Crippen molar-refractivity contribution in [3.05, 3.63) is 12.2 Å². The lowest BCUT2D eigenvalue weighted by atomic mass is 10.3. The Kier molecular flexibility index (Phi) is 1.98. The van der Waals surface area contributed by atoms with E-state index in [1.54, 1.807) is 11.6 Å². The van der Waals surface area contributed by atoms with Crippen molar-refractivity contribution in [2.45, 2.75) is 6.10 Å². The molecule has 1 aromatic rings. The first-order chi connectivity index (χ1) is 4.75. The van der Waals surface area contributed by atoms with Crippen molar-refractivity contribution in [1.29, 1.82) is 0 Å². The fraction of sp³-hybridized carbons (Fsp3) is 0.600. The molecule has 0 aromatic carbocycles. The van der Waals surface area contributed by atoms with Crippen LogP contribution in [-0.4, -0.2) is 26.4 Å². The van der Waals surface area contributed by atoms with Gasteiger partial charge in [-0.15, -0.1) is 10.2 Å². The average molecular weight is 142 g/mol. The van der Waals surface area contributed by atoms with Gasteiger partial charge in [-0.25, -0.2) is 0 Å². The third-order valence-electron chi connectivity index (χ3n) is 1.27. The van der Waals surface area contributed by atoms with E-state index in [0.717, 1.165) is 0 Å². The molecule has 0 aliphatic heterocycles. The lowest BCUT2D eigenvalue weighted by Gasteiger charge is -2.04. The van der Waals surface area contributed by atoms with Gasteiger partial charge in [-0.2, -0.15) is 0 Å². The van der Waals surface area contributed by atoms with E-state index < -0.39 is 6.10 Å². The van der Waals surface area contributed by atoms with Gasteiger partial charge >= 0.3 is 0 Å². The van der Waals surface area contributed by atoms with Crippen LogP contribution >= 0.6 is 0 Å². The lowest BCUT2D eigenvalue weighted by molar-refractivity contribution is 0.172. The number of aliphatic hydroxyl groups excluding tert-OH is 1. The van der Waals surface area contributed by atoms with E-state index in [-0.39, 0.29) is 6.54 Å². The second-order valence-electron chi connectivity index (χ2n) is 2.05. The fourth-order valence-electron chi connectivity index (χ4n) is 0.699. The zero-order valence-corrected chi connectivity index (χ0v) is 5.73. The molecule has 0 saturated carbocycles. The molecule has 0 bridgehead atoms. The van der Waals surface area contributed by atoms with Crippen molar-refractivity contribution in [1.82, 2.24) is 14.8 Å². The molecule has 0 radical (unpaired) electrons. The number of nitrogens with two attached hydrogens (primary N) is 1. The van der Waals surface area contributed by atoms with Gasteiger partial charge in [-0.05, 0) is 0 Å². The van der Waals surface area contributed by atoms with Crippen LogP contribution in [0.4, 0.5) is 0 Å². The van der Waals surface area contributed by atoms with Gasteiger partial charge in [0, 0.05) is 13.6 Å². The first-order valence-corrected chi connectivity index (χ1v) is 2.97. The molecular formula is C5H10N4O. The van der Waals surface area contributed by atoms with Crippen LogP contribution in [0.2, 0.25) is 0 Å². The molecule has 1 heterocycles. The number of aromatic nitrogens is 3. The molecule has 5 heteroatoms. The molecular weight excluding hydrogens is 132 g/mol. The number of nitrogens with zero attached hydrogens (tertiary/aromatic N) is 3. The Labute approximate surface area is 58.5 Å². The molecule has 1 atom stereocenters. The summed E-state index contributed by atoms with van der Waals surface area (Å²) in [5.41, 5.74) is 5.20. The van der Waals surface area contributed by atoms with Crippen LogP contribution in [0, 0.1) is 0 Å². The van der Waals surface area contributed by atoms with Gasteiger partial charge in [0.15, 0.2) is 5.82 Å². The molecule has 10 heavy (non-hydrogen) atoms. The lowest BCUT2D eigenvalue weighted by Crippen LogP contribution is -2.15. The van der Waals surface area contributed by atoms with Crippen LogP contribution in [0.25, 0.3) is 0 Å². The first kappa shape index (κ1) is 7.17. The number of hydrogen-bond acceptors (Lipinski definition) is 4. The Bertz CT molecular complexity index is 209. The molecule has 0 saturated heterocycles. The van der Waals surface area contributed by atoms with Crippen LogP contribution in [-0.2, 0) is 7.05 Å². The van der Waals surface area contributed by atoms with Crippen molar-refractivity contribution in [2.75, 3.05) is 6.54 Å². The van der Waals surface area contributed by atoms with Crippen LogP contribution in [0.5, 0.6) is 0 Å². The highest BCUT2D eigenvalue weighted by Gasteiger charge is 2.09. The smallest absolute Gasteiger partial charge is 0.162 e. The van der Waals surface area contributed by atoms with E-state index in [9.17, 15) is 0 Å². The van der Waals surface area contributed by atoms with Crippen molar-refractivity contribution >= 4 is 0 Å². The van der Waals surface area contributed by atoms with E-state index in [1.807, 2.05) is 0 Å². The quantitative estimate of drug-likeness (QED) is 0.544. The molecule has 3 N–H and O–H groups in total. The van der Waals surface area contributed by atoms with E-state index >= 15 is 0 Å². The van der Waals surface area contributed by atoms with Gasteiger partial charge in [-0.3, -0.25) is 0 Å². The zero-order chi connectivity index (χ0) is 7.56. The molecule has 56 valence electrons. The molecule has 0 aliphatic carbocycles. The maximum absolute atomic E-state index is 9.15. The Hall–Kier alpha value is -0.940. The van der Waals surface area contributed by atoms with E-state index in [1.165, 1.54) is 6.33 Å². The summed E-state index contributed by atoms with van der Waals surface area (Å²) >= 11 is 0. The van der Waals surface area contributed by atoms with Gasteiger partial charge in [-0.1, -0.05) is 0 Å². The highest BCUT2D eigenvalue weighted by atomic mass is 16.3. The number of aliphatic hydroxyl groups is 1. The maximum Gasteiger partial charge on any atom is 0.162 e. The summed E-state index contributed by atoms with van der Waals surface area (Å²) in [4.78, 5) is 0. The summed E-state index contributed by atoms with van der Waals surface area (Å²) < 4.78 is 1.64. The highest BCUT2D eigenvalue weighted by Crippen LogP contribution is 2.04. The number of aryl methyl sites for hydroxylation is 1. The zero-order valence-electron chi connectivity index (χ0n) is 5.73. The summed E-state index contributed by atoms with van der Waals surface area (Å²) in [7, 11) is 1.76. The molecule has 0 amide bonds. The molecule has 0 aliphatic rings. The molecule has 5 nitrogen and oxygen atoms in total. The Balaban J connectivity index is 2.82. The third kappa shape index (κ3) is 1.14. The molecule has 0 spiro atoms. The topological polar surface area (TPSA) is 77.0 Å². The predicted molar refractivity (Wildman–Crippen MR) is 35.0 cm³/mol. The monoisotopic (exact) mass is 142 g/mol. The van der Waals surface area contributed by atoms with Gasteiger partial charge in [0.2, 0.25) is 0 Å². The van der Waals surface area contributed by atoms with Gasteiger partial charge < -0.3 is 15.4 Å². The summed E-state index contributed by atoms with van der Waals surface area (Å²) in [5, 5.41) is 16.4. The minimum absolute atomic E-state index is 0.173. The highest BCUT2D eigenvalue weighted by molar-refractivity contribution is 4.89. The normalized spacial score (nSPS) is 13.5. The van der Waals surface area contributed by atoms with Crippen molar-refractivity contribution in [2.24, 2.45) is 12.8 Å². The van der Waals surface area contributed by atoms with Gasteiger partial charge in [0.25, 0.3) is 0 Å². The SMILES string of the molecule is Cn1cnnc1[C@@H](O)CN. The first-order valence-electron chi connectivity index (χ1n) is 2.97. The van der Waals surface area contributed by atoms with E-state index in [0.29, 0.717) is 5.82 Å². The Morgan fingerprint density at radius 3 is 3.00 bits per heavy atom. The Morgan fingerprint density at radius 2 is 2.60 bits per heavy atom. The van der Waals surface area contributed by atoms with Crippen molar-refractivity contribution < 1.29 is 5.11 Å². The van der Waals surface area contributed by atoms with Crippen LogP contribution in [0.1, 0.15) is 11.9 Å². The molecule has 1 rings (SSSR count). The predicted octanol–water partition coefficient (Wildman–Crippen LogP) is -1.19. The third-order valence-corrected chi connectivity index (χ3v) is 1.27. The minimum atomic E-state index is -0.701. The summed E-state index contributed by atoms with van der Waals surface area (Å²) in [5.74, 6) is 0.502. The standard InChI is InChI=1S/C5H10N4O/c1-9-3-7-8-5(9)4(10)2-6/h3-4,10H,2,6H2,1H3/t4-/m0/s1. The molecule has 1 aromatic heterocycles. The molecule has 0 unspecified atom stereocenters. The van der Waals surface area contributed by atoms with E-state index in [4.69, 9.17) is 10.8 Å². The second kappa shape index (κ2) is 2.76.